The highest BCUT2D eigenvalue weighted by molar-refractivity contribution is 9.10. The van der Waals surface area contributed by atoms with E-state index in [2.05, 4.69) is 15.9 Å². The molecule has 0 amide bonds. The molecule has 15 heavy (non-hydrogen) atoms. The molecule has 78 valence electrons. The lowest BCUT2D eigenvalue weighted by Gasteiger charge is -2.11. The van der Waals surface area contributed by atoms with Gasteiger partial charge in [-0.25, -0.2) is 4.39 Å². The highest BCUT2D eigenvalue weighted by Crippen LogP contribution is 2.29. The standard InChI is InChI=1S/C11H9BrFNS/c12-9-6-7(13)3-4-8(9)11(14)10-2-1-5-15-10/h1-6,11H,14H2. The third kappa shape index (κ3) is 2.27. The zero-order valence-electron chi connectivity index (χ0n) is 7.78. The molecule has 0 aliphatic heterocycles. The molecule has 2 aromatic rings. The molecule has 1 atom stereocenters. The second-order valence-electron chi connectivity index (χ2n) is 3.16. The Morgan fingerprint density at radius 2 is 2.13 bits per heavy atom. The minimum atomic E-state index is -0.260. The summed E-state index contributed by atoms with van der Waals surface area (Å²) in [6, 6.07) is 8.31. The summed E-state index contributed by atoms with van der Waals surface area (Å²) in [7, 11) is 0. The van der Waals surface area contributed by atoms with Crippen LogP contribution in [-0.2, 0) is 0 Å². The third-order valence-corrected chi connectivity index (χ3v) is 3.79. The van der Waals surface area contributed by atoms with E-state index in [1.165, 1.54) is 12.1 Å². The fraction of sp³-hybridized carbons (Fsp3) is 0.0909. The van der Waals surface area contributed by atoms with Crippen LogP contribution in [0.3, 0.4) is 0 Å². The molecule has 1 unspecified atom stereocenters. The monoisotopic (exact) mass is 285 g/mol. The maximum absolute atomic E-state index is 12.9. The van der Waals surface area contributed by atoms with Crippen molar-refractivity contribution in [2.24, 2.45) is 5.73 Å². The van der Waals surface area contributed by atoms with E-state index in [0.717, 1.165) is 10.4 Å². The lowest BCUT2D eigenvalue weighted by Crippen LogP contribution is -2.10. The van der Waals surface area contributed by atoms with Crippen molar-refractivity contribution in [1.82, 2.24) is 0 Å². The molecule has 0 bridgehead atoms. The summed E-state index contributed by atoms with van der Waals surface area (Å²) in [5, 5.41) is 1.98. The summed E-state index contributed by atoms with van der Waals surface area (Å²) in [5.41, 5.74) is 6.97. The Bertz CT molecular complexity index is 456. The highest BCUT2D eigenvalue weighted by atomic mass is 79.9. The van der Waals surface area contributed by atoms with Gasteiger partial charge in [0.05, 0.1) is 6.04 Å². The molecule has 0 saturated carbocycles. The Morgan fingerprint density at radius 3 is 2.73 bits per heavy atom. The van der Waals surface area contributed by atoms with Crippen LogP contribution in [0.15, 0.2) is 40.2 Å². The number of hydrogen-bond donors (Lipinski definition) is 1. The van der Waals surface area contributed by atoms with Gasteiger partial charge in [0.1, 0.15) is 5.82 Å². The predicted molar refractivity (Wildman–Crippen MR) is 64.4 cm³/mol. The second-order valence-corrected chi connectivity index (χ2v) is 4.99. The Morgan fingerprint density at radius 1 is 1.33 bits per heavy atom. The number of halogens is 2. The van der Waals surface area contributed by atoms with Gasteiger partial charge in [-0.2, -0.15) is 0 Å². The first kappa shape index (κ1) is 10.8. The Kier molecular flexibility index (Phi) is 3.19. The normalized spacial score (nSPS) is 12.7. The largest absolute Gasteiger partial charge is 0.320 e. The molecule has 2 rings (SSSR count). The van der Waals surface area contributed by atoms with Crippen LogP contribution in [-0.4, -0.2) is 0 Å². The van der Waals surface area contributed by atoms with E-state index in [9.17, 15) is 4.39 Å². The zero-order valence-corrected chi connectivity index (χ0v) is 10.2. The molecule has 0 spiro atoms. The highest BCUT2D eigenvalue weighted by Gasteiger charge is 2.13. The van der Waals surface area contributed by atoms with Crippen LogP contribution in [0.25, 0.3) is 0 Å². The van der Waals surface area contributed by atoms with Crippen LogP contribution in [0, 0.1) is 5.82 Å². The number of benzene rings is 1. The van der Waals surface area contributed by atoms with Crippen LogP contribution in [0.4, 0.5) is 4.39 Å². The van der Waals surface area contributed by atoms with E-state index in [1.54, 1.807) is 17.4 Å². The first-order valence-electron chi connectivity index (χ1n) is 4.42. The lowest BCUT2D eigenvalue weighted by molar-refractivity contribution is 0.625. The summed E-state index contributed by atoms with van der Waals surface area (Å²) in [6.45, 7) is 0. The Balaban J connectivity index is 2.38. The molecule has 1 aromatic carbocycles. The average Bonchev–Trinajstić information content (AvgIpc) is 2.69. The molecule has 0 fully saturated rings. The summed E-state index contributed by atoms with van der Waals surface area (Å²) in [4.78, 5) is 1.07. The van der Waals surface area contributed by atoms with Gasteiger partial charge in [-0.1, -0.05) is 28.1 Å². The topological polar surface area (TPSA) is 26.0 Å². The van der Waals surface area contributed by atoms with E-state index in [-0.39, 0.29) is 11.9 Å². The van der Waals surface area contributed by atoms with E-state index in [1.807, 2.05) is 17.5 Å². The number of nitrogens with two attached hydrogens (primary N) is 1. The summed E-state index contributed by atoms with van der Waals surface area (Å²) in [5.74, 6) is -0.260. The second kappa shape index (κ2) is 4.43. The molecule has 1 aromatic heterocycles. The SMILES string of the molecule is NC(c1cccs1)c1ccc(F)cc1Br. The van der Waals surface area contributed by atoms with Gasteiger partial charge >= 0.3 is 0 Å². The molecule has 1 nitrogen and oxygen atoms in total. The smallest absolute Gasteiger partial charge is 0.124 e. The van der Waals surface area contributed by atoms with Crippen LogP contribution in [0.1, 0.15) is 16.5 Å². The molecule has 0 saturated heterocycles. The van der Waals surface area contributed by atoms with E-state index in [4.69, 9.17) is 5.73 Å². The van der Waals surface area contributed by atoms with Gasteiger partial charge < -0.3 is 5.73 Å². The van der Waals surface area contributed by atoms with Crippen molar-refractivity contribution in [3.8, 4) is 0 Å². The van der Waals surface area contributed by atoms with Gasteiger partial charge in [0.2, 0.25) is 0 Å². The first-order valence-corrected chi connectivity index (χ1v) is 6.09. The van der Waals surface area contributed by atoms with Crippen molar-refractivity contribution < 1.29 is 4.39 Å². The average molecular weight is 286 g/mol. The number of hydrogen-bond acceptors (Lipinski definition) is 2. The zero-order chi connectivity index (χ0) is 10.8. The molecule has 0 aliphatic rings. The van der Waals surface area contributed by atoms with Crippen molar-refractivity contribution in [2.45, 2.75) is 6.04 Å². The molecule has 0 radical (unpaired) electrons. The van der Waals surface area contributed by atoms with Gasteiger partial charge in [0, 0.05) is 9.35 Å². The minimum absolute atomic E-state index is 0.194. The molecule has 2 N–H and O–H groups in total. The fourth-order valence-electron chi connectivity index (χ4n) is 1.38. The molecular formula is C11H9BrFNS. The van der Waals surface area contributed by atoms with Gasteiger partial charge in [-0.15, -0.1) is 11.3 Å². The first-order chi connectivity index (χ1) is 7.18. The fourth-order valence-corrected chi connectivity index (χ4v) is 2.72. The Labute approximate surface area is 99.9 Å². The summed E-state index contributed by atoms with van der Waals surface area (Å²) < 4.78 is 13.6. The van der Waals surface area contributed by atoms with Gasteiger partial charge in [-0.3, -0.25) is 0 Å². The molecule has 1 heterocycles. The number of rotatable bonds is 2. The van der Waals surface area contributed by atoms with Crippen molar-refractivity contribution in [1.29, 1.82) is 0 Å². The van der Waals surface area contributed by atoms with Gasteiger partial charge in [-0.05, 0) is 29.1 Å². The number of thiophene rings is 1. The molecular weight excluding hydrogens is 277 g/mol. The molecule has 0 aliphatic carbocycles. The van der Waals surface area contributed by atoms with Crippen LogP contribution in [0.5, 0.6) is 0 Å². The van der Waals surface area contributed by atoms with Crippen molar-refractivity contribution in [2.75, 3.05) is 0 Å². The molecule has 4 heteroatoms. The summed E-state index contributed by atoms with van der Waals surface area (Å²) in [6.07, 6.45) is 0. The van der Waals surface area contributed by atoms with Crippen LogP contribution < -0.4 is 5.73 Å². The predicted octanol–water partition coefficient (Wildman–Crippen LogP) is 3.70. The van der Waals surface area contributed by atoms with Crippen molar-refractivity contribution in [3.63, 3.8) is 0 Å². The van der Waals surface area contributed by atoms with Crippen LogP contribution in [0.2, 0.25) is 0 Å². The Hall–Kier alpha value is -0.710. The van der Waals surface area contributed by atoms with Crippen molar-refractivity contribution in [3.05, 3.63) is 56.4 Å². The van der Waals surface area contributed by atoms with Gasteiger partial charge in [0.15, 0.2) is 0 Å². The maximum Gasteiger partial charge on any atom is 0.124 e. The lowest BCUT2D eigenvalue weighted by atomic mass is 10.1. The van der Waals surface area contributed by atoms with Crippen LogP contribution >= 0.6 is 27.3 Å². The maximum atomic E-state index is 12.9. The third-order valence-electron chi connectivity index (χ3n) is 2.15. The van der Waals surface area contributed by atoms with E-state index < -0.39 is 0 Å². The summed E-state index contributed by atoms with van der Waals surface area (Å²) >= 11 is 4.92. The van der Waals surface area contributed by atoms with Crippen molar-refractivity contribution >= 4 is 27.3 Å². The van der Waals surface area contributed by atoms with E-state index >= 15 is 0 Å². The quantitative estimate of drug-likeness (QED) is 0.895. The minimum Gasteiger partial charge on any atom is -0.320 e. The van der Waals surface area contributed by atoms with E-state index in [0.29, 0.717) is 4.47 Å². The van der Waals surface area contributed by atoms with Gasteiger partial charge in [0.25, 0.3) is 0 Å².